The summed E-state index contributed by atoms with van der Waals surface area (Å²) >= 11 is 0. The highest BCUT2D eigenvalue weighted by molar-refractivity contribution is 6.46. The number of carbonyl (C=O) groups is 1. The van der Waals surface area contributed by atoms with E-state index in [1.165, 1.54) is 38.2 Å². The zero-order valence-corrected chi connectivity index (χ0v) is 15.8. The lowest BCUT2D eigenvalue weighted by Crippen LogP contribution is -2.27. The molecule has 0 radical (unpaired) electrons. The normalized spacial score (nSPS) is 12.4. The van der Waals surface area contributed by atoms with Crippen LogP contribution in [0.1, 0.15) is 65.7 Å². The van der Waals surface area contributed by atoms with Gasteiger partial charge in [0.1, 0.15) is 0 Å². The first-order valence-electron chi connectivity index (χ1n) is 8.68. The molecule has 0 saturated heterocycles. The van der Waals surface area contributed by atoms with Gasteiger partial charge in [0.2, 0.25) is 0 Å². The maximum Gasteiger partial charge on any atom is 0.330 e. The molecule has 0 aliphatic rings. The molecule has 0 aromatic carbocycles. The number of rotatable bonds is 15. The van der Waals surface area contributed by atoms with Crippen molar-refractivity contribution in [2.24, 2.45) is 0 Å². The van der Waals surface area contributed by atoms with Gasteiger partial charge in [-0.15, -0.1) is 0 Å². The third kappa shape index (κ3) is 11.9. The van der Waals surface area contributed by atoms with E-state index >= 15 is 0 Å². The van der Waals surface area contributed by atoms with Gasteiger partial charge in [-0.05, 0) is 32.2 Å². The molecule has 0 rings (SSSR count). The number of hydrogen-bond donors (Lipinski definition) is 0. The molecule has 22 heavy (non-hydrogen) atoms. The van der Waals surface area contributed by atoms with Gasteiger partial charge in [-0.3, -0.25) is 0 Å². The predicted octanol–water partition coefficient (Wildman–Crippen LogP) is 4.13. The Labute approximate surface area is 138 Å². The minimum Gasteiger partial charge on any atom is -0.463 e. The quantitative estimate of drug-likeness (QED) is 0.196. The van der Waals surface area contributed by atoms with E-state index < -0.39 is 9.28 Å². The predicted molar refractivity (Wildman–Crippen MR) is 93.3 cm³/mol. The van der Waals surface area contributed by atoms with Crippen molar-refractivity contribution in [1.82, 2.24) is 0 Å². The molecule has 5 heteroatoms. The zero-order valence-electron chi connectivity index (χ0n) is 14.6. The Morgan fingerprint density at radius 3 is 2.14 bits per heavy atom. The molecule has 0 aromatic rings. The van der Waals surface area contributed by atoms with E-state index in [1.54, 1.807) is 0 Å². The molecule has 0 spiro atoms. The molecule has 1 unspecified atom stereocenters. The summed E-state index contributed by atoms with van der Waals surface area (Å²) in [4.78, 5) is 10.8. The van der Waals surface area contributed by atoms with Crippen LogP contribution < -0.4 is 0 Å². The molecule has 0 aliphatic carbocycles. The Morgan fingerprint density at radius 1 is 1.05 bits per heavy atom. The van der Waals surface area contributed by atoms with Gasteiger partial charge in [0.05, 0.1) is 6.61 Å². The summed E-state index contributed by atoms with van der Waals surface area (Å²) < 4.78 is 16.5. The minimum atomic E-state index is -1.47. The average Bonchev–Trinajstić information content (AvgIpc) is 2.52. The summed E-state index contributed by atoms with van der Waals surface area (Å²) in [5.41, 5.74) is 0.582. The van der Waals surface area contributed by atoms with Crippen LogP contribution in [0.4, 0.5) is 0 Å². The largest absolute Gasteiger partial charge is 0.463 e. The van der Waals surface area contributed by atoms with Crippen molar-refractivity contribution in [3.8, 4) is 0 Å². The summed E-state index contributed by atoms with van der Waals surface area (Å²) in [6, 6.07) is 0. The fraction of sp³-hybridized carbons (Fsp3) is 0.824. The van der Waals surface area contributed by atoms with Crippen molar-refractivity contribution in [1.29, 1.82) is 0 Å². The van der Waals surface area contributed by atoms with Gasteiger partial charge in [0.25, 0.3) is 0 Å². The van der Waals surface area contributed by atoms with Gasteiger partial charge in [0.15, 0.2) is 0 Å². The molecule has 0 amide bonds. The SMILES string of the molecule is C=CC(=O)OCCCCCCCCC(C)[SiH](OCC)OCC. The van der Waals surface area contributed by atoms with Crippen LogP contribution in [-0.2, 0) is 18.4 Å². The number of ether oxygens (including phenoxy) is 1. The number of esters is 1. The van der Waals surface area contributed by atoms with Crippen LogP contribution in [0.3, 0.4) is 0 Å². The van der Waals surface area contributed by atoms with Gasteiger partial charge >= 0.3 is 15.3 Å². The highest BCUT2D eigenvalue weighted by Crippen LogP contribution is 2.20. The van der Waals surface area contributed by atoms with Crippen molar-refractivity contribution in [2.75, 3.05) is 19.8 Å². The summed E-state index contributed by atoms with van der Waals surface area (Å²) in [5, 5.41) is 0. The van der Waals surface area contributed by atoms with Crippen LogP contribution in [0.5, 0.6) is 0 Å². The van der Waals surface area contributed by atoms with Crippen LogP contribution in [0.2, 0.25) is 5.54 Å². The van der Waals surface area contributed by atoms with Crippen LogP contribution in [0.15, 0.2) is 12.7 Å². The fourth-order valence-electron chi connectivity index (χ4n) is 2.35. The van der Waals surface area contributed by atoms with Gasteiger partial charge < -0.3 is 13.6 Å². The highest BCUT2D eigenvalue weighted by atomic mass is 28.3. The second kappa shape index (κ2) is 15.3. The fourth-order valence-corrected chi connectivity index (χ4v) is 4.27. The lowest BCUT2D eigenvalue weighted by molar-refractivity contribution is -0.137. The van der Waals surface area contributed by atoms with Gasteiger partial charge in [-0.1, -0.05) is 45.6 Å². The molecule has 0 aliphatic heterocycles. The summed E-state index contributed by atoms with van der Waals surface area (Å²) in [6.07, 6.45) is 9.44. The molecule has 0 N–H and O–H groups in total. The first-order valence-corrected chi connectivity index (χ1v) is 10.3. The third-order valence-electron chi connectivity index (χ3n) is 3.59. The molecule has 1 atom stereocenters. The summed E-state index contributed by atoms with van der Waals surface area (Å²) in [5.74, 6) is -0.323. The second-order valence-corrected chi connectivity index (χ2v) is 8.08. The van der Waals surface area contributed by atoms with Crippen molar-refractivity contribution < 1.29 is 18.4 Å². The molecule has 0 fully saturated rings. The third-order valence-corrected chi connectivity index (χ3v) is 6.18. The summed E-state index contributed by atoms with van der Waals surface area (Å²) in [6.45, 7) is 11.7. The van der Waals surface area contributed by atoms with E-state index in [0.29, 0.717) is 12.1 Å². The Hall–Kier alpha value is -0.653. The monoisotopic (exact) mass is 330 g/mol. The Kier molecular flexibility index (Phi) is 14.8. The van der Waals surface area contributed by atoms with Gasteiger partial charge in [-0.25, -0.2) is 4.79 Å². The highest BCUT2D eigenvalue weighted by Gasteiger charge is 2.20. The van der Waals surface area contributed by atoms with E-state index in [2.05, 4.69) is 13.5 Å². The smallest absolute Gasteiger partial charge is 0.330 e. The lowest BCUT2D eigenvalue weighted by atomic mass is 10.1. The molecular weight excluding hydrogens is 296 g/mol. The Morgan fingerprint density at radius 2 is 1.59 bits per heavy atom. The van der Waals surface area contributed by atoms with E-state index in [0.717, 1.165) is 26.1 Å². The summed E-state index contributed by atoms with van der Waals surface area (Å²) in [7, 11) is -1.47. The second-order valence-electron chi connectivity index (χ2n) is 5.54. The van der Waals surface area contributed by atoms with Gasteiger partial charge in [-0.2, -0.15) is 0 Å². The van der Waals surface area contributed by atoms with Crippen molar-refractivity contribution in [2.45, 2.75) is 71.3 Å². The van der Waals surface area contributed by atoms with Crippen molar-refractivity contribution in [3.63, 3.8) is 0 Å². The Bertz CT molecular complexity index is 278. The molecule has 4 nitrogen and oxygen atoms in total. The Balaban J connectivity index is 3.47. The first kappa shape index (κ1) is 21.3. The topological polar surface area (TPSA) is 44.8 Å². The van der Waals surface area contributed by atoms with E-state index in [-0.39, 0.29) is 5.97 Å². The first-order chi connectivity index (χ1) is 10.7. The molecular formula is C17H34O4Si. The standard InChI is InChI=1S/C17H34O4Si/c1-5-17(18)19-15-13-11-9-8-10-12-14-16(4)22(20-6-2)21-7-3/h5,16,22H,1,6-15H2,2-4H3. The van der Waals surface area contributed by atoms with E-state index in [9.17, 15) is 4.79 Å². The maximum absolute atomic E-state index is 10.8. The number of hydrogen-bond acceptors (Lipinski definition) is 4. The van der Waals surface area contributed by atoms with Gasteiger partial charge in [0, 0.05) is 19.3 Å². The molecule has 0 saturated carbocycles. The van der Waals surface area contributed by atoms with Crippen LogP contribution in [0, 0.1) is 0 Å². The molecule has 130 valence electrons. The average molecular weight is 331 g/mol. The number of carbonyl (C=O) groups excluding carboxylic acids is 1. The van der Waals surface area contributed by atoms with Crippen molar-refractivity contribution >= 4 is 15.3 Å². The molecule has 0 heterocycles. The number of unbranched alkanes of at least 4 members (excludes halogenated alkanes) is 5. The van der Waals surface area contributed by atoms with Crippen molar-refractivity contribution in [3.05, 3.63) is 12.7 Å². The van der Waals surface area contributed by atoms with E-state index in [1.807, 2.05) is 13.8 Å². The zero-order chi connectivity index (χ0) is 16.6. The van der Waals surface area contributed by atoms with E-state index in [4.69, 9.17) is 13.6 Å². The van der Waals surface area contributed by atoms with Crippen LogP contribution >= 0.6 is 0 Å². The van der Waals surface area contributed by atoms with Crippen LogP contribution in [0.25, 0.3) is 0 Å². The van der Waals surface area contributed by atoms with Crippen LogP contribution in [-0.4, -0.2) is 35.1 Å². The maximum atomic E-state index is 10.8. The molecule has 0 aromatic heterocycles. The lowest BCUT2D eigenvalue weighted by Gasteiger charge is -2.21. The molecule has 0 bridgehead atoms. The minimum absolute atomic E-state index is 0.323.